The molecule has 21 heavy (non-hydrogen) atoms. The number of hydrogen-bond acceptors (Lipinski definition) is 4. The SMILES string of the molecule is CC(=O)Nc1cc(Sc2ccc(F)cc2)cc([N+](=O)[O-])c1. The molecule has 1 N–H and O–H groups in total. The van der Waals surface area contributed by atoms with Crippen molar-refractivity contribution in [1.29, 1.82) is 0 Å². The predicted octanol–water partition coefficient (Wildman–Crippen LogP) is 3.84. The molecule has 0 aliphatic heterocycles. The van der Waals surface area contributed by atoms with Crippen LogP contribution in [0.3, 0.4) is 0 Å². The number of carbonyl (C=O) groups is 1. The van der Waals surface area contributed by atoms with Crippen molar-refractivity contribution in [3.63, 3.8) is 0 Å². The van der Waals surface area contributed by atoms with Crippen LogP contribution in [0.2, 0.25) is 0 Å². The van der Waals surface area contributed by atoms with E-state index < -0.39 is 4.92 Å². The second kappa shape index (κ2) is 6.36. The Labute approximate surface area is 124 Å². The van der Waals surface area contributed by atoms with E-state index >= 15 is 0 Å². The minimum absolute atomic E-state index is 0.120. The van der Waals surface area contributed by atoms with Crippen LogP contribution in [0.25, 0.3) is 0 Å². The molecule has 0 saturated carbocycles. The molecule has 2 aromatic rings. The quantitative estimate of drug-likeness (QED) is 0.688. The molecular formula is C14H11FN2O3S. The van der Waals surface area contributed by atoms with Gasteiger partial charge in [0.05, 0.1) is 4.92 Å². The molecule has 0 spiro atoms. The average Bonchev–Trinajstić information content (AvgIpc) is 2.40. The van der Waals surface area contributed by atoms with Crippen molar-refractivity contribution >= 4 is 29.0 Å². The molecule has 108 valence electrons. The highest BCUT2D eigenvalue weighted by molar-refractivity contribution is 7.99. The van der Waals surface area contributed by atoms with Crippen LogP contribution in [-0.2, 0) is 4.79 Å². The summed E-state index contributed by atoms with van der Waals surface area (Å²) in [5, 5.41) is 13.4. The van der Waals surface area contributed by atoms with Gasteiger partial charge in [0.1, 0.15) is 5.82 Å². The van der Waals surface area contributed by atoms with Crippen molar-refractivity contribution in [2.45, 2.75) is 16.7 Å². The number of non-ortho nitro benzene ring substituents is 1. The van der Waals surface area contributed by atoms with Gasteiger partial charge in [-0.1, -0.05) is 11.8 Å². The van der Waals surface area contributed by atoms with Gasteiger partial charge in [-0.25, -0.2) is 4.39 Å². The number of anilines is 1. The predicted molar refractivity (Wildman–Crippen MR) is 77.9 cm³/mol. The molecule has 5 nitrogen and oxygen atoms in total. The second-order valence-corrected chi connectivity index (χ2v) is 5.36. The molecule has 1 amide bonds. The molecule has 7 heteroatoms. The molecule has 0 atom stereocenters. The number of benzene rings is 2. The highest BCUT2D eigenvalue weighted by Crippen LogP contribution is 2.33. The summed E-state index contributed by atoms with van der Waals surface area (Å²) in [7, 11) is 0. The van der Waals surface area contributed by atoms with Crippen LogP contribution in [0.4, 0.5) is 15.8 Å². The number of nitro groups is 1. The number of hydrogen-bond donors (Lipinski definition) is 1. The highest BCUT2D eigenvalue weighted by atomic mass is 32.2. The van der Waals surface area contributed by atoms with Gasteiger partial charge >= 0.3 is 0 Å². The summed E-state index contributed by atoms with van der Waals surface area (Å²) in [4.78, 5) is 22.8. The molecule has 0 fully saturated rings. The Hall–Kier alpha value is -2.41. The first-order valence-electron chi connectivity index (χ1n) is 5.94. The van der Waals surface area contributed by atoms with E-state index in [9.17, 15) is 19.3 Å². The fraction of sp³-hybridized carbons (Fsp3) is 0.0714. The summed E-state index contributed by atoms with van der Waals surface area (Å²) in [5.74, 6) is -0.662. The van der Waals surface area contributed by atoms with Crippen LogP contribution in [0.5, 0.6) is 0 Å². The van der Waals surface area contributed by atoms with Gasteiger partial charge in [0.15, 0.2) is 0 Å². The summed E-state index contributed by atoms with van der Waals surface area (Å²) in [6.45, 7) is 1.33. The third-order valence-electron chi connectivity index (χ3n) is 2.47. The van der Waals surface area contributed by atoms with E-state index in [2.05, 4.69) is 5.32 Å². The zero-order valence-corrected chi connectivity index (χ0v) is 11.8. The third-order valence-corrected chi connectivity index (χ3v) is 3.45. The number of rotatable bonds is 4. The van der Waals surface area contributed by atoms with E-state index in [1.807, 2.05) is 0 Å². The summed E-state index contributed by atoms with van der Waals surface area (Å²) >= 11 is 1.25. The Kier molecular flexibility index (Phi) is 4.54. The number of nitrogens with one attached hydrogen (secondary N) is 1. The van der Waals surface area contributed by atoms with Gasteiger partial charge in [-0.05, 0) is 30.3 Å². The summed E-state index contributed by atoms with van der Waals surface area (Å²) in [6.07, 6.45) is 0. The summed E-state index contributed by atoms with van der Waals surface area (Å²) in [5.41, 5.74) is 0.229. The molecule has 0 heterocycles. The molecule has 0 radical (unpaired) electrons. The Morgan fingerprint density at radius 3 is 2.43 bits per heavy atom. The standard InChI is InChI=1S/C14H11FN2O3S/c1-9(18)16-11-6-12(17(19)20)8-14(7-11)21-13-4-2-10(15)3-5-13/h2-8H,1H3,(H,16,18). The van der Waals surface area contributed by atoms with E-state index in [1.165, 1.54) is 43.0 Å². The molecule has 0 aliphatic rings. The van der Waals surface area contributed by atoms with E-state index in [1.54, 1.807) is 18.2 Å². The van der Waals surface area contributed by atoms with Crippen LogP contribution in [-0.4, -0.2) is 10.8 Å². The maximum atomic E-state index is 12.9. The number of halogens is 1. The van der Waals surface area contributed by atoms with Crippen molar-refractivity contribution < 1.29 is 14.1 Å². The van der Waals surface area contributed by atoms with Crippen LogP contribution in [0, 0.1) is 15.9 Å². The lowest BCUT2D eigenvalue weighted by Gasteiger charge is -2.06. The zero-order valence-electron chi connectivity index (χ0n) is 11.0. The first-order chi connectivity index (χ1) is 9.94. The smallest absolute Gasteiger partial charge is 0.272 e. The average molecular weight is 306 g/mol. The van der Waals surface area contributed by atoms with Gasteiger partial charge in [0.25, 0.3) is 5.69 Å². The van der Waals surface area contributed by atoms with Crippen molar-refractivity contribution in [2.24, 2.45) is 0 Å². The number of nitro benzene ring substituents is 1. The van der Waals surface area contributed by atoms with Gasteiger partial charge < -0.3 is 5.32 Å². The maximum absolute atomic E-state index is 12.9. The third kappa shape index (κ3) is 4.28. The number of carbonyl (C=O) groups excluding carboxylic acids is 1. The minimum Gasteiger partial charge on any atom is -0.326 e. The molecule has 2 aromatic carbocycles. The van der Waals surface area contributed by atoms with Crippen LogP contribution in [0.15, 0.2) is 52.3 Å². The molecule has 0 saturated heterocycles. The Balaban J connectivity index is 2.32. The minimum atomic E-state index is -0.528. The van der Waals surface area contributed by atoms with Gasteiger partial charge in [0.2, 0.25) is 5.91 Å². The van der Waals surface area contributed by atoms with Crippen molar-refractivity contribution in [2.75, 3.05) is 5.32 Å². The van der Waals surface area contributed by atoms with Gasteiger partial charge in [-0.2, -0.15) is 0 Å². The highest BCUT2D eigenvalue weighted by Gasteiger charge is 2.11. The first kappa shape index (κ1) is 15.0. The maximum Gasteiger partial charge on any atom is 0.272 e. The Morgan fingerprint density at radius 2 is 1.86 bits per heavy atom. The molecular weight excluding hydrogens is 295 g/mol. The Bertz CT molecular complexity index is 689. The van der Waals surface area contributed by atoms with Crippen LogP contribution >= 0.6 is 11.8 Å². The van der Waals surface area contributed by atoms with E-state index in [0.29, 0.717) is 10.6 Å². The van der Waals surface area contributed by atoms with Crippen molar-refractivity contribution in [3.8, 4) is 0 Å². The van der Waals surface area contributed by atoms with Gasteiger partial charge in [-0.15, -0.1) is 0 Å². The fourth-order valence-electron chi connectivity index (χ4n) is 1.66. The van der Waals surface area contributed by atoms with Crippen LogP contribution < -0.4 is 5.32 Å². The molecule has 2 rings (SSSR count). The number of amides is 1. The zero-order chi connectivity index (χ0) is 15.4. The topological polar surface area (TPSA) is 72.2 Å². The lowest BCUT2D eigenvalue weighted by molar-refractivity contribution is -0.385. The molecule has 0 unspecified atom stereocenters. The van der Waals surface area contributed by atoms with Crippen molar-refractivity contribution in [1.82, 2.24) is 0 Å². The summed E-state index contributed by atoms with van der Waals surface area (Å²) < 4.78 is 12.9. The molecule has 0 aliphatic carbocycles. The monoisotopic (exact) mass is 306 g/mol. The fourth-order valence-corrected chi connectivity index (χ4v) is 2.57. The largest absolute Gasteiger partial charge is 0.326 e. The first-order valence-corrected chi connectivity index (χ1v) is 6.76. The van der Waals surface area contributed by atoms with E-state index in [-0.39, 0.29) is 17.4 Å². The van der Waals surface area contributed by atoms with Gasteiger partial charge in [-0.3, -0.25) is 14.9 Å². The summed E-state index contributed by atoms with van der Waals surface area (Å²) in [6, 6.07) is 10.1. The lowest BCUT2D eigenvalue weighted by Crippen LogP contribution is -2.06. The van der Waals surface area contributed by atoms with Gasteiger partial charge in [0, 0.05) is 34.5 Å². The lowest BCUT2D eigenvalue weighted by atomic mass is 10.3. The molecule has 0 bridgehead atoms. The second-order valence-electron chi connectivity index (χ2n) is 4.21. The number of nitrogens with zero attached hydrogens (tertiary/aromatic N) is 1. The normalized spacial score (nSPS) is 10.2. The van der Waals surface area contributed by atoms with E-state index in [0.717, 1.165) is 4.90 Å². The molecule has 0 aromatic heterocycles. The van der Waals surface area contributed by atoms with E-state index in [4.69, 9.17) is 0 Å². The van der Waals surface area contributed by atoms with Crippen molar-refractivity contribution in [3.05, 3.63) is 58.4 Å². The Morgan fingerprint density at radius 1 is 1.19 bits per heavy atom. The van der Waals surface area contributed by atoms with Crippen LogP contribution in [0.1, 0.15) is 6.92 Å².